The molecule has 2 aromatic carbocycles. The Labute approximate surface area is 186 Å². The van der Waals surface area contributed by atoms with Crippen molar-refractivity contribution in [1.29, 1.82) is 0 Å². The molecule has 0 fully saturated rings. The number of rotatable bonds is 10. The molecule has 1 amide bonds. The first-order valence-electron chi connectivity index (χ1n) is 10.5. The van der Waals surface area contributed by atoms with Gasteiger partial charge in [-0.25, -0.2) is 10.2 Å². The molecule has 3 rings (SSSR count). The number of nitrogens with one attached hydrogen (secondary N) is 2. The number of hydrogen-bond acceptors (Lipinski definition) is 6. The van der Waals surface area contributed by atoms with Crippen molar-refractivity contribution in [3.8, 4) is 22.8 Å². The van der Waals surface area contributed by atoms with Gasteiger partial charge in [-0.05, 0) is 43.2 Å². The van der Waals surface area contributed by atoms with Crippen LogP contribution in [-0.4, -0.2) is 35.3 Å². The molecular formula is C24H26N4O4. The number of aromatic nitrogens is 2. The normalized spacial score (nSPS) is 10.8. The highest BCUT2D eigenvalue weighted by molar-refractivity contribution is 5.94. The van der Waals surface area contributed by atoms with E-state index in [1.54, 1.807) is 6.07 Å². The second-order valence-corrected chi connectivity index (χ2v) is 6.89. The lowest BCUT2D eigenvalue weighted by atomic mass is 10.1. The Morgan fingerprint density at radius 1 is 1.09 bits per heavy atom. The zero-order valence-corrected chi connectivity index (χ0v) is 18.1. The number of amides is 1. The fraction of sp³-hybridized carbons (Fsp3) is 0.250. The van der Waals surface area contributed by atoms with Crippen LogP contribution in [0, 0.1) is 0 Å². The van der Waals surface area contributed by atoms with Crippen LogP contribution in [0.25, 0.3) is 11.3 Å². The van der Waals surface area contributed by atoms with Crippen LogP contribution in [-0.2, 0) is 0 Å². The van der Waals surface area contributed by atoms with Gasteiger partial charge in [0.05, 0.1) is 25.1 Å². The average Bonchev–Trinajstić information content (AvgIpc) is 2.81. The van der Waals surface area contributed by atoms with Gasteiger partial charge < -0.3 is 14.5 Å². The molecular weight excluding hydrogens is 408 g/mol. The van der Waals surface area contributed by atoms with E-state index in [0.29, 0.717) is 30.4 Å². The second-order valence-electron chi connectivity index (χ2n) is 6.89. The highest BCUT2D eigenvalue weighted by Gasteiger charge is 2.10. The Bertz CT molecular complexity index is 1130. The van der Waals surface area contributed by atoms with Gasteiger partial charge in [0, 0.05) is 5.56 Å². The molecule has 0 unspecified atom stereocenters. The quantitative estimate of drug-likeness (QED) is 0.287. The molecule has 8 nitrogen and oxygen atoms in total. The van der Waals surface area contributed by atoms with Gasteiger partial charge >= 0.3 is 5.69 Å². The SMILES string of the molecule is CCCCOc1ccc(/C=N/NC(=O)c2cc(-c3ccccc3)nc(=O)[nH]2)cc1OCC. The molecule has 0 spiro atoms. The first-order chi connectivity index (χ1) is 15.6. The van der Waals surface area contributed by atoms with Crippen LogP contribution in [0.4, 0.5) is 0 Å². The maximum atomic E-state index is 12.5. The molecule has 0 radical (unpaired) electrons. The van der Waals surface area contributed by atoms with Crippen LogP contribution >= 0.6 is 0 Å². The molecule has 0 bridgehead atoms. The minimum atomic E-state index is -0.611. The summed E-state index contributed by atoms with van der Waals surface area (Å²) < 4.78 is 11.4. The summed E-state index contributed by atoms with van der Waals surface area (Å²) in [4.78, 5) is 30.7. The molecule has 32 heavy (non-hydrogen) atoms. The Balaban J connectivity index is 1.70. The highest BCUT2D eigenvalue weighted by atomic mass is 16.5. The van der Waals surface area contributed by atoms with Crippen LogP contribution in [0.2, 0.25) is 0 Å². The van der Waals surface area contributed by atoms with Crippen LogP contribution in [0.15, 0.2) is 64.5 Å². The van der Waals surface area contributed by atoms with E-state index >= 15 is 0 Å². The minimum Gasteiger partial charge on any atom is -0.490 e. The third kappa shape index (κ3) is 6.28. The Hall–Kier alpha value is -3.94. The van der Waals surface area contributed by atoms with E-state index in [1.165, 1.54) is 12.3 Å². The van der Waals surface area contributed by atoms with Crippen LogP contribution < -0.4 is 20.6 Å². The van der Waals surface area contributed by atoms with Crippen molar-refractivity contribution in [2.75, 3.05) is 13.2 Å². The molecule has 166 valence electrons. The predicted octanol–water partition coefficient (Wildman–Crippen LogP) is 3.78. The average molecular weight is 434 g/mol. The zero-order valence-electron chi connectivity index (χ0n) is 18.1. The van der Waals surface area contributed by atoms with Gasteiger partial charge in [0.2, 0.25) is 0 Å². The van der Waals surface area contributed by atoms with Gasteiger partial charge in [-0.3, -0.25) is 4.79 Å². The number of carbonyl (C=O) groups is 1. The second kappa shape index (κ2) is 11.5. The van der Waals surface area contributed by atoms with E-state index in [2.05, 4.69) is 27.4 Å². The summed E-state index contributed by atoms with van der Waals surface area (Å²) in [6.45, 7) is 5.12. The summed E-state index contributed by atoms with van der Waals surface area (Å²) in [7, 11) is 0. The van der Waals surface area contributed by atoms with E-state index in [-0.39, 0.29) is 5.69 Å². The van der Waals surface area contributed by atoms with E-state index in [1.807, 2.05) is 49.4 Å². The van der Waals surface area contributed by atoms with Gasteiger partial charge in [-0.15, -0.1) is 0 Å². The van der Waals surface area contributed by atoms with E-state index < -0.39 is 11.6 Å². The number of unbranched alkanes of at least 4 members (excludes halogenated alkanes) is 1. The van der Waals surface area contributed by atoms with Crippen molar-refractivity contribution >= 4 is 12.1 Å². The van der Waals surface area contributed by atoms with Gasteiger partial charge in [0.1, 0.15) is 5.69 Å². The summed E-state index contributed by atoms with van der Waals surface area (Å²) in [6, 6.07) is 16.1. The number of benzene rings is 2. The molecule has 0 saturated carbocycles. The first-order valence-corrected chi connectivity index (χ1v) is 10.5. The van der Waals surface area contributed by atoms with Crippen LogP contribution in [0.5, 0.6) is 11.5 Å². The smallest absolute Gasteiger partial charge is 0.346 e. The lowest BCUT2D eigenvalue weighted by Crippen LogP contribution is -2.24. The largest absolute Gasteiger partial charge is 0.490 e. The van der Waals surface area contributed by atoms with Crippen molar-refractivity contribution in [2.24, 2.45) is 5.10 Å². The fourth-order valence-corrected chi connectivity index (χ4v) is 2.88. The molecule has 0 aliphatic heterocycles. The third-order valence-electron chi connectivity index (χ3n) is 4.46. The Morgan fingerprint density at radius 3 is 2.66 bits per heavy atom. The molecule has 0 aliphatic rings. The van der Waals surface area contributed by atoms with Gasteiger partial charge in [0.25, 0.3) is 5.91 Å². The Morgan fingerprint density at radius 2 is 1.91 bits per heavy atom. The summed E-state index contributed by atoms with van der Waals surface area (Å²) in [5.41, 5.74) is 3.75. The Kier molecular flexibility index (Phi) is 8.14. The number of carbonyl (C=O) groups excluding carboxylic acids is 1. The minimum absolute atomic E-state index is 0.0654. The monoisotopic (exact) mass is 434 g/mol. The van der Waals surface area contributed by atoms with E-state index in [0.717, 1.165) is 24.0 Å². The summed E-state index contributed by atoms with van der Waals surface area (Å²) in [6.07, 6.45) is 3.50. The standard InChI is InChI=1S/C24H26N4O4/c1-3-5-13-32-21-12-11-17(14-22(21)31-4-2)16-25-28-23(29)20-15-19(26-24(30)27-20)18-9-7-6-8-10-18/h6-12,14-16H,3-5,13H2,1-2H3,(H,28,29)(H,26,27,30)/b25-16+. The summed E-state index contributed by atoms with van der Waals surface area (Å²) in [5.74, 6) is 0.733. The van der Waals surface area contributed by atoms with Crippen molar-refractivity contribution in [3.63, 3.8) is 0 Å². The number of nitrogens with zero attached hydrogens (tertiary/aromatic N) is 2. The van der Waals surface area contributed by atoms with Crippen LogP contribution in [0.3, 0.4) is 0 Å². The van der Waals surface area contributed by atoms with Crippen molar-refractivity contribution in [3.05, 3.63) is 76.3 Å². The van der Waals surface area contributed by atoms with E-state index in [4.69, 9.17) is 9.47 Å². The molecule has 0 atom stereocenters. The van der Waals surface area contributed by atoms with Crippen molar-refractivity contribution in [2.45, 2.75) is 26.7 Å². The van der Waals surface area contributed by atoms with E-state index in [9.17, 15) is 9.59 Å². The van der Waals surface area contributed by atoms with Crippen molar-refractivity contribution < 1.29 is 14.3 Å². The number of hydrogen-bond donors (Lipinski definition) is 2. The highest BCUT2D eigenvalue weighted by Crippen LogP contribution is 2.28. The van der Waals surface area contributed by atoms with Crippen molar-refractivity contribution in [1.82, 2.24) is 15.4 Å². The molecule has 3 aromatic rings. The number of hydrazone groups is 1. The summed E-state index contributed by atoms with van der Waals surface area (Å²) >= 11 is 0. The zero-order chi connectivity index (χ0) is 22.8. The van der Waals surface area contributed by atoms with Gasteiger partial charge in [-0.2, -0.15) is 10.1 Å². The first kappa shape index (κ1) is 22.7. The molecule has 1 heterocycles. The third-order valence-corrected chi connectivity index (χ3v) is 4.46. The topological polar surface area (TPSA) is 106 Å². The molecule has 0 saturated heterocycles. The molecule has 1 aromatic heterocycles. The number of H-pyrrole nitrogens is 1. The predicted molar refractivity (Wildman–Crippen MR) is 123 cm³/mol. The van der Waals surface area contributed by atoms with Gasteiger partial charge in [0.15, 0.2) is 11.5 Å². The maximum absolute atomic E-state index is 12.5. The molecule has 2 N–H and O–H groups in total. The van der Waals surface area contributed by atoms with Crippen LogP contribution in [0.1, 0.15) is 42.7 Å². The number of ether oxygens (including phenoxy) is 2. The fourth-order valence-electron chi connectivity index (χ4n) is 2.88. The maximum Gasteiger partial charge on any atom is 0.346 e. The molecule has 0 aliphatic carbocycles. The summed E-state index contributed by atoms with van der Waals surface area (Å²) in [5, 5.41) is 3.99. The lowest BCUT2D eigenvalue weighted by Gasteiger charge is -2.12. The molecule has 8 heteroatoms. The van der Waals surface area contributed by atoms with Gasteiger partial charge in [-0.1, -0.05) is 43.7 Å². The number of aromatic amines is 1. The lowest BCUT2D eigenvalue weighted by molar-refractivity contribution is 0.0949.